The molecule has 1 amide bonds. The van der Waals surface area contributed by atoms with Crippen molar-refractivity contribution < 1.29 is 23.5 Å². The summed E-state index contributed by atoms with van der Waals surface area (Å²) < 4.78 is 16.4. The summed E-state index contributed by atoms with van der Waals surface area (Å²) in [6.07, 6.45) is 0.422. The zero-order chi connectivity index (χ0) is 25.8. The molecule has 0 aliphatic rings. The van der Waals surface area contributed by atoms with Crippen molar-refractivity contribution in [1.82, 2.24) is 5.32 Å². The Kier molecular flexibility index (Phi) is 7.99. The van der Waals surface area contributed by atoms with Gasteiger partial charge in [0.15, 0.2) is 0 Å². The van der Waals surface area contributed by atoms with Gasteiger partial charge in [0.2, 0.25) is 0 Å². The van der Waals surface area contributed by atoms with Crippen molar-refractivity contribution in [3.63, 3.8) is 0 Å². The van der Waals surface area contributed by atoms with Gasteiger partial charge in [-0.3, -0.25) is 0 Å². The Balaban J connectivity index is 1.83. The minimum absolute atomic E-state index is 0.184. The Labute approximate surface area is 205 Å². The average molecular weight is 480 g/mol. The SMILES string of the molecule is CCC(C)C(NC(=O)OC(C)(C)C)C(=O)Oc1ccc2c(C)c(Cc3ccccc3)c(=O)oc2c1. The first-order valence-electron chi connectivity index (χ1n) is 11.8. The predicted molar refractivity (Wildman–Crippen MR) is 135 cm³/mol. The van der Waals surface area contributed by atoms with E-state index in [0.717, 1.165) is 16.5 Å². The molecule has 7 heteroatoms. The van der Waals surface area contributed by atoms with Crippen LogP contribution < -0.4 is 15.7 Å². The average Bonchev–Trinajstić information content (AvgIpc) is 2.79. The molecule has 7 nitrogen and oxygen atoms in total. The second kappa shape index (κ2) is 10.8. The van der Waals surface area contributed by atoms with Crippen LogP contribution in [0, 0.1) is 12.8 Å². The summed E-state index contributed by atoms with van der Waals surface area (Å²) in [4.78, 5) is 38.0. The Bertz CT molecular complexity index is 1260. The highest BCUT2D eigenvalue weighted by Gasteiger charge is 2.30. The van der Waals surface area contributed by atoms with Crippen molar-refractivity contribution in [2.24, 2.45) is 5.92 Å². The zero-order valence-electron chi connectivity index (χ0n) is 21.1. The van der Waals surface area contributed by atoms with Gasteiger partial charge in [0.1, 0.15) is 23.0 Å². The molecule has 0 aliphatic heterocycles. The third-order valence-electron chi connectivity index (χ3n) is 5.84. The Morgan fingerprint density at radius 3 is 2.40 bits per heavy atom. The largest absolute Gasteiger partial charge is 0.444 e. The molecule has 0 saturated heterocycles. The number of hydrogen-bond donors (Lipinski definition) is 1. The first-order valence-corrected chi connectivity index (χ1v) is 11.8. The Morgan fingerprint density at radius 1 is 1.09 bits per heavy atom. The van der Waals surface area contributed by atoms with Crippen molar-refractivity contribution in [2.75, 3.05) is 0 Å². The van der Waals surface area contributed by atoms with E-state index < -0.39 is 29.3 Å². The molecular weight excluding hydrogens is 446 g/mol. The second-order valence-electron chi connectivity index (χ2n) is 9.74. The van der Waals surface area contributed by atoms with Gasteiger partial charge in [-0.25, -0.2) is 14.4 Å². The summed E-state index contributed by atoms with van der Waals surface area (Å²) in [5.41, 5.74) is 1.64. The fourth-order valence-electron chi connectivity index (χ4n) is 3.73. The molecule has 2 aromatic carbocycles. The van der Waals surface area contributed by atoms with Crippen LogP contribution in [0.4, 0.5) is 4.79 Å². The Morgan fingerprint density at radius 2 is 1.77 bits per heavy atom. The van der Waals surface area contributed by atoms with Gasteiger partial charge in [-0.05, 0) is 56.9 Å². The first-order chi connectivity index (χ1) is 16.5. The fourth-order valence-corrected chi connectivity index (χ4v) is 3.73. The zero-order valence-corrected chi connectivity index (χ0v) is 21.1. The molecule has 0 bridgehead atoms. The van der Waals surface area contributed by atoms with E-state index in [1.165, 1.54) is 6.07 Å². The predicted octanol–water partition coefficient (Wildman–Crippen LogP) is 5.54. The summed E-state index contributed by atoms with van der Waals surface area (Å²) in [5, 5.41) is 3.39. The molecule has 1 N–H and O–H groups in total. The lowest BCUT2D eigenvalue weighted by molar-refractivity contribution is -0.138. The molecular formula is C28H33NO6. The van der Waals surface area contributed by atoms with E-state index in [-0.39, 0.29) is 11.7 Å². The second-order valence-corrected chi connectivity index (χ2v) is 9.74. The minimum atomic E-state index is -0.896. The molecule has 0 fully saturated rings. The van der Waals surface area contributed by atoms with Crippen LogP contribution in [-0.2, 0) is 16.0 Å². The van der Waals surface area contributed by atoms with Gasteiger partial charge < -0.3 is 19.2 Å². The summed E-state index contributed by atoms with van der Waals surface area (Å²) >= 11 is 0. The molecule has 0 aliphatic carbocycles. The lowest BCUT2D eigenvalue weighted by atomic mass is 9.99. The number of nitrogens with one attached hydrogen (secondary N) is 1. The maximum Gasteiger partial charge on any atom is 0.408 e. The summed E-state index contributed by atoms with van der Waals surface area (Å²) in [6.45, 7) is 10.9. The van der Waals surface area contributed by atoms with Gasteiger partial charge in [0, 0.05) is 23.4 Å². The van der Waals surface area contributed by atoms with E-state index in [9.17, 15) is 14.4 Å². The number of esters is 1. The number of aryl methyl sites for hydroxylation is 1. The van der Waals surface area contributed by atoms with Crippen LogP contribution in [0.3, 0.4) is 0 Å². The highest BCUT2D eigenvalue weighted by Crippen LogP contribution is 2.26. The molecule has 186 valence electrons. The third kappa shape index (κ3) is 6.72. The van der Waals surface area contributed by atoms with E-state index in [2.05, 4.69) is 5.32 Å². The van der Waals surface area contributed by atoms with Crippen LogP contribution in [0.5, 0.6) is 5.75 Å². The van der Waals surface area contributed by atoms with E-state index in [1.54, 1.807) is 32.9 Å². The molecule has 1 heterocycles. The number of benzene rings is 2. The van der Waals surface area contributed by atoms with Crippen LogP contribution in [0.25, 0.3) is 11.0 Å². The Hall–Kier alpha value is -3.61. The molecule has 0 spiro atoms. The van der Waals surface area contributed by atoms with Crippen LogP contribution in [0.1, 0.15) is 57.7 Å². The van der Waals surface area contributed by atoms with E-state index in [4.69, 9.17) is 13.9 Å². The van der Waals surface area contributed by atoms with Gasteiger partial charge in [-0.2, -0.15) is 0 Å². The minimum Gasteiger partial charge on any atom is -0.444 e. The summed E-state index contributed by atoms with van der Waals surface area (Å²) in [5.74, 6) is -0.583. The monoisotopic (exact) mass is 479 g/mol. The third-order valence-corrected chi connectivity index (χ3v) is 5.84. The van der Waals surface area contributed by atoms with Crippen molar-refractivity contribution in [1.29, 1.82) is 0 Å². The molecule has 35 heavy (non-hydrogen) atoms. The van der Waals surface area contributed by atoms with E-state index >= 15 is 0 Å². The number of hydrogen-bond acceptors (Lipinski definition) is 6. The molecule has 0 radical (unpaired) electrons. The normalized spacial score (nSPS) is 13.2. The first kappa shape index (κ1) is 26.0. The highest BCUT2D eigenvalue weighted by molar-refractivity contribution is 5.86. The molecule has 3 aromatic rings. The maximum atomic E-state index is 13.0. The van der Waals surface area contributed by atoms with Gasteiger partial charge in [-0.15, -0.1) is 0 Å². The topological polar surface area (TPSA) is 94.8 Å². The summed E-state index contributed by atoms with van der Waals surface area (Å²) in [7, 11) is 0. The molecule has 3 rings (SSSR count). The van der Waals surface area contributed by atoms with Gasteiger partial charge >= 0.3 is 17.7 Å². The number of fused-ring (bicyclic) bond motifs is 1. The maximum absolute atomic E-state index is 13.0. The fraction of sp³-hybridized carbons (Fsp3) is 0.393. The lowest BCUT2D eigenvalue weighted by Crippen LogP contribution is -2.48. The van der Waals surface area contributed by atoms with Crippen molar-refractivity contribution in [3.8, 4) is 5.75 Å². The van der Waals surface area contributed by atoms with Crippen molar-refractivity contribution >= 4 is 23.0 Å². The van der Waals surface area contributed by atoms with E-state index in [0.29, 0.717) is 24.0 Å². The number of carbonyl (C=O) groups excluding carboxylic acids is 2. The molecule has 0 saturated carbocycles. The lowest BCUT2D eigenvalue weighted by Gasteiger charge is -2.25. The van der Waals surface area contributed by atoms with Crippen LogP contribution in [-0.4, -0.2) is 23.7 Å². The van der Waals surface area contributed by atoms with Crippen LogP contribution >= 0.6 is 0 Å². The number of rotatable bonds is 7. The van der Waals surface area contributed by atoms with Crippen molar-refractivity contribution in [3.05, 3.63) is 75.6 Å². The van der Waals surface area contributed by atoms with Crippen LogP contribution in [0.15, 0.2) is 57.7 Å². The summed E-state index contributed by atoms with van der Waals surface area (Å²) in [6, 6.07) is 13.8. The number of carbonyl (C=O) groups is 2. The van der Waals surface area contributed by atoms with Gasteiger partial charge in [0.25, 0.3) is 0 Å². The number of ether oxygens (including phenoxy) is 2. The quantitative estimate of drug-likeness (QED) is 0.272. The number of alkyl carbamates (subject to hydrolysis) is 1. The number of amides is 1. The molecule has 1 aromatic heterocycles. The van der Waals surface area contributed by atoms with E-state index in [1.807, 2.05) is 51.1 Å². The van der Waals surface area contributed by atoms with Gasteiger partial charge in [-0.1, -0.05) is 50.6 Å². The van der Waals surface area contributed by atoms with Gasteiger partial charge in [0.05, 0.1) is 0 Å². The smallest absolute Gasteiger partial charge is 0.408 e. The molecule has 2 atom stereocenters. The van der Waals surface area contributed by atoms with Crippen LogP contribution in [0.2, 0.25) is 0 Å². The van der Waals surface area contributed by atoms with Crippen molar-refractivity contribution in [2.45, 2.75) is 66.0 Å². The standard InChI is InChI=1S/C28H33NO6/c1-7-17(2)24(29-27(32)35-28(4,5)6)26(31)33-20-13-14-21-18(3)22(25(30)34-23(21)16-20)15-19-11-9-8-10-12-19/h8-14,16-17,24H,7,15H2,1-6H3,(H,29,32). The highest BCUT2D eigenvalue weighted by atomic mass is 16.6. The molecule has 2 unspecified atom stereocenters.